The second-order valence-electron chi connectivity index (χ2n) is 5.85. The number of methoxy groups -OCH3 is 1. The number of ether oxygens (including phenoxy) is 2. The van der Waals surface area contributed by atoms with Crippen LogP contribution in [0.2, 0.25) is 0 Å². The predicted octanol–water partition coefficient (Wildman–Crippen LogP) is 2.05. The first-order chi connectivity index (χ1) is 10.6. The lowest BCUT2D eigenvalue weighted by Gasteiger charge is -2.34. The Morgan fingerprint density at radius 3 is 2.82 bits per heavy atom. The zero-order valence-electron chi connectivity index (χ0n) is 13.5. The van der Waals surface area contributed by atoms with Crippen LogP contribution in [0.4, 0.5) is 0 Å². The fraction of sp³-hybridized carbons (Fsp3) is 0.588. The Bertz CT molecular complexity index is 491. The average molecular weight is 306 g/mol. The van der Waals surface area contributed by atoms with E-state index in [-0.39, 0.29) is 11.9 Å². The van der Waals surface area contributed by atoms with Crippen LogP contribution in [0.15, 0.2) is 24.3 Å². The predicted molar refractivity (Wildman–Crippen MR) is 86.1 cm³/mol. The lowest BCUT2D eigenvalue weighted by molar-refractivity contribution is -0.133. The molecule has 5 nitrogen and oxygen atoms in total. The standard InChI is InChI=1S/C17H26N2O3/c1-13(18)14-6-5-10-19(12-14)17(20)9-11-22-16-8-4-3-7-15(16)21-2/h3-4,7-8,13-14H,5-6,9-12,18H2,1-2H3/t13-,14-/m1/s1. The summed E-state index contributed by atoms with van der Waals surface area (Å²) in [5.41, 5.74) is 5.96. The number of amides is 1. The molecule has 1 aliphatic rings. The minimum Gasteiger partial charge on any atom is -0.493 e. The Morgan fingerprint density at radius 2 is 2.14 bits per heavy atom. The molecule has 0 aliphatic carbocycles. The van der Waals surface area contributed by atoms with Gasteiger partial charge in [0.25, 0.3) is 0 Å². The molecule has 0 spiro atoms. The molecule has 0 unspecified atom stereocenters. The van der Waals surface area contributed by atoms with Crippen LogP contribution in [0.25, 0.3) is 0 Å². The number of likely N-dealkylation sites (tertiary alicyclic amines) is 1. The minimum atomic E-state index is 0.139. The molecule has 0 saturated carbocycles. The Hall–Kier alpha value is -1.75. The number of rotatable bonds is 6. The normalized spacial score (nSPS) is 19.6. The third-order valence-corrected chi connectivity index (χ3v) is 4.20. The highest BCUT2D eigenvalue weighted by atomic mass is 16.5. The highest BCUT2D eigenvalue weighted by Gasteiger charge is 2.25. The van der Waals surface area contributed by atoms with E-state index in [4.69, 9.17) is 15.2 Å². The van der Waals surface area contributed by atoms with E-state index in [1.54, 1.807) is 7.11 Å². The van der Waals surface area contributed by atoms with Crippen LogP contribution in [0.5, 0.6) is 11.5 Å². The van der Waals surface area contributed by atoms with Gasteiger partial charge in [0.15, 0.2) is 11.5 Å². The van der Waals surface area contributed by atoms with E-state index in [0.717, 1.165) is 25.9 Å². The molecule has 0 bridgehead atoms. The second kappa shape index (κ2) is 8.03. The molecule has 2 atom stereocenters. The molecule has 22 heavy (non-hydrogen) atoms. The second-order valence-corrected chi connectivity index (χ2v) is 5.85. The van der Waals surface area contributed by atoms with E-state index < -0.39 is 0 Å². The number of nitrogens with two attached hydrogens (primary N) is 1. The van der Waals surface area contributed by atoms with E-state index in [1.807, 2.05) is 36.1 Å². The van der Waals surface area contributed by atoms with Gasteiger partial charge in [0.2, 0.25) is 5.91 Å². The van der Waals surface area contributed by atoms with Gasteiger partial charge in [0.1, 0.15) is 0 Å². The van der Waals surface area contributed by atoms with Crippen molar-refractivity contribution < 1.29 is 14.3 Å². The third-order valence-electron chi connectivity index (χ3n) is 4.20. The number of carbonyl (C=O) groups is 1. The van der Waals surface area contributed by atoms with Gasteiger partial charge in [-0.05, 0) is 37.8 Å². The smallest absolute Gasteiger partial charge is 0.226 e. The van der Waals surface area contributed by atoms with Crippen LogP contribution in [0.1, 0.15) is 26.2 Å². The van der Waals surface area contributed by atoms with Gasteiger partial charge in [-0.1, -0.05) is 12.1 Å². The lowest BCUT2D eigenvalue weighted by atomic mass is 9.92. The number of para-hydroxylation sites is 2. The number of hydrogen-bond acceptors (Lipinski definition) is 4. The van der Waals surface area contributed by atoms with E-state index in [9.17, 15) is 4.79 Å². The first-order valence-corrected chi connectivity index (χ1v) is 7.91. The van der Waals surface area contributed by atoms with Crippen LogP contribution >= 0.6 is 0 Å². The zero-order valence-corrected chi connectivity index (χ0v) is 13.5. The molecule has 1 amide bonds. The summed E-state index contributed by atoms with van der Waals surface area (Å²) in [4.78, 5) is 14.2. The van der Waals surface area contributed by atoms with Crippen LogP contribution in [0, 0.1) is 5.92 Å². The van der Waals surface area contributed by atoms with Crippen molar-refractivity contribution in [1.29, 1.82) is 0 Å². The number of nitrogens with zero attached hydrogens (tertiary/aromatic N) is 1. The van der Waals surface area contributed by atoms with Crippen molar-refractivity contribution in [2.45, 2.75) is 32.2 Å². The molecular weight excluding hydrogens is 280 g/mol. The number of carbonyl (C=O) groups excluding carboxylic acids is 1. The van der Waals surface area contributed by atoms with Crippen molar-refractivity contribution in [3.8, 4) is 11.5 Å². The number of piperidine rings is 1. The minimum absolute atomic E-state index is 0.139. The summed E-state index contributed by atoms with van der Waals surface area (Å²) in [6.07, 6.45) is 2.52. The van der Waals surface area contributed by atoms with Gasteiger partial charge in [-0.2, -0.15) is 0 Å². The summed E-state index contributed by atoms with van der Waals surface area (Å²) < 4.78 is 10.9. The lowest BCUT2D eigenvalue weighted by Crippen LogP contribution is -2.45. The maximum absolute atomic E-state index is 12.3. The molecule has 2 N–H and O–H groups in total. The van der Waals surface area contributed by atoms with Gasteiger partial charge in [0, 0.05) is 19.1 Å². The first kappa shape index (κ1) is 16.6. The van der Waals surface area contributed by atoms with Crippen molar-refractivity contribution >= 4 is 5.91 Å². The highest BCUT2D eigenvalue weighted by molar-refractivity contribution is 5.76. The molecule has 2 rings (SSSR count). The van der Waals surface area contributed by atoms with Crippen molar-refractivity contribution in [3.63, 3.8) is 0 Å². The van der Waals surface area contributed by atoms with Crippen molar-refractivity contribution in [2.24, 2.45) is 11.7 Å². The molecule has 1 aromatic rings. The maximum Gasteiger partial charge on any atom is 0.226 e. The van der Waals surface area contributed by atoms with Gasteiger partial charge < -0.3 is 20.1 Å². The summed E-state index contributed by atoms with van der Waals surface area (Å²) in [7, 11) is 1.61. The fourth-order valence-electron chi connectivity index (χ4n) is 2.81. The molecule has 1 aliphatic heterocycles. The Balaban J connectivity index is 1.80. The van der Waals surface area contributed by atoms with E-state index >= 15 is 0 Å². The molecule has 1 heterocycles. The number of hydrogen-bond donors (Lipinski definition) is 1. The van der Waals surface area contributed by atoms with Gasteiger partial charge in [-0.15, -0.1) is 0 Å². The Kier molecular flexibility index (Phi) is 6.07. The number of benzene rings is 1. The third kappa shape index (κ3) is 4.37. The fourth-order valence-corrected chi connectivity index (χ4v) is 2.81. The van der Waals surface area contributed by atoms with Crippen molar-refractivity contribution in [3.05, 3.63) is 24.3 Å². The van der Waals surface area contributed by atoms with Gasteiger partial charge in [-0.25, -0.2) is 0 Å². The maximum atomic E-state index is 12.3. The molecule has 1 fully saturated rings. The zero-order chi connectivity index (χ0) is 15.9. The van der Waals surface area contributed by atoms with Crippen LogP contribution in [-0.4, -0.2) is 43.7 Å². The van der Waals surface area contributed by atoms with Crippen LogP contribution in [-0.2, 0) is 4.79 Å². The summed E-state index contributed by atoms with van der Waals surface area (Å²) in [5.74, 6) is 1.91. The first-order valence-electron chi connectivity index (χ1n) is 7.91. The molecule has 0 radical (unpaired) electrons. The SMILES string of the molecule is COc1ccccc1OCCC(=O)N1CCC[C@@H]([C@@H](C)N)C1. The largest absolute Gasteiger partial charge is 0.493 e. The van der Waals surface area contributed by atoms with Crippen molar-refractivity contribution in [2.75, 3.05) is 26.8 Å². The van der Waals surface area contributed by atoms with Crippen LogP contribution in [0.3, 0.4) is 0 Å². The summed E-state index contributed by atoms with van der Waals surface area (Å²) >= 11 is 0. The average Bonchev–Trinajstić information content (AvgIpc) is 2.55. The monoisotopic (exact) mass is 306 g/mol. The molecule has 5 heteroatoms. The van der Waals surface area contributed by atoms with Gasteiger partial charge in [-0.3, -0.25) is 4.79 Å². The Labute approximate surface area is 132 Å². The van der Waals surface area contributed by atoms with Crippen LogP contribution < -0.4 is 15.2 Å². The molecule has 1 saturated heterocycles. The topological polar surface area (TPSA) is 64.8 Å². The summed E-state index contributed by atoms with van der Waals surface area (Å²) in [6.45, 7) is 3.98. The van der Waals surface area contributed by atoms with E-state index in [1.165, 1.54) is 0 Å². The summed E-state index contributed by atoms with van der Waals surface area (Å²) in [5, 5.41) is 0. The molecule has 0 aromatic heterocycles. The molecule has 1 aromatic carbocycles. The highest BCUT2D eigenvalue weighted by Crippen LogP contribution is 2.26. The van der Waals surface area contributed by atoms with E-state index in [0.29, 0.717) is 30.4 Å². The Morgan fingerprint density at radius 1 is 1.41 bits per heavy atom. The van der Waals surface area contributed by atoms with Crippen molar-refractivity contribution in [1.82, 2.24) is 4.90 Å². The quantitative estimate of drug-likeness (QED) is 0.873. The van der Waals surface area contributed by atoms with Gasteiger partial charge >= 0.3 is 0 Å². The molecule has 122 valence electrons. The summed E-state index contributed by atoms with van der Waals surface area (Å²) in [6, 6.07) is 7.60. The molecular formula is C17H26N2O3. The van der Waals surface area contributed by atoms with E-state index in [2.05, 4.69) is 0 Å². The van der Waals surface area contributed by atoms with Gasteiger partial charge in [0.05, 0.1) is 20.1 Å².